The van der Waals surface area contributed by atoms with Gasteiger partial charge in [-0.2, -0.15) is 0 Å². The van der Waals surface area contributed by atoms with Gasteiger partial charge in [0.2, 0.25) is 0 Å². The highest BCUT2D eigenvalue weighted by Crippen LogP contribution is 2.25. The van der Waals surface area contributed by atoms with Gasteiger partial charge in [-0.15, -0.1) is 0 Å². The van der Waals surface area contributed by atoms with Crippen LogP contribution in [-0.4, -0.2) is 15.5 Å². The van der Waals surface area contributed by atoms with Gasteiger partial charge >= 0.3 is 0 Å². The molecule has 1 atom stereocenters. The fraction of sp³-hybridized carbons (Fsp3) is 0.273. The zero-order chi connectivity index (χ0) is 18.8. The second-order valence-electron chi connectivity index (χ2n) is 7.01. The first kappa shape index (κ1) is 17.5. The van der Waals surface area contributed by atoms with E-state index in [-0.39, 0.29) is 11.7 Å². The fourth-order valence-corrected chi connectivity index (χ4v) is 3.74. The molecule has 1 heterocycles. The third kappa shape index (κ3) is 3.50. The summed E-state index contributed by atoms with van der Waals surface area (Å²) >= 11 is 0. The lowest BCUT2D eigenvalue weighted by Crippen LogP contribution is -2.31. The van der Waals surface area contributed by atoms with Gasteiger partial charge in [-0.3, -0.25) is 4.79 Å². The van der Waals surface area contributed by atoms with Crippen LogP contribution in [0.25, 0.3) is 0 Å². The number of rotatable bonds is 4. The fourth-order valence-electron chi connectivity index (χ4n) is 3.74. The molecule has 1 amide bonds. The first-order valence-electron chi connectivity index (χ1n) is 9.28. The zero-order valence-corrected chi connectivity index (χ0v) is 15.3. The van der Waals surface area contributed by atoms with Crippen molar-refractivity contribution in [3.05, 3.63) is 88.8 Å². The van der Waals surface area contributed by atoms with E-state index >= 15 is 0 Å². The molecule has 0 spiro atoms. The molecular formula is C22H22FN3O. The highest BCUT2D eigenvalue weighted by Gasteiger charge is 2.24. The van der Waals surface area contributed by atoms with Crippen molar-refractivity contribution in [3.8, 4) is 0 Å². The Kier molecular flexibility index (Phi) is 4.75. The van der Waals surface area contributed by atoms with Crippen molar-refractivity contribution in [3.63, 3.8) is 0 Å². The molecule has 0 aliphatic heterocycles. The summed E-state index contributed by atoms with van der Waals surface area (Å²) in [4.78, 5) is 17.3. The summed E-state index contributed by atoms with van der Waals surface area (Å²) in [5.74, 6) is 0.00211. The van der Waals surface area contributed by atoms with Gasteiger partial charge in [0.1, 0.15) is 17.7 Å². The van der Waals surface area contributed by atoms with Crippen LogP contribution in [0.4, 0.5) is 4.39 Å². The molecule has 0 radical (unpaired) electrons. The largest absolute Gasteiger partial charge is 0.338 e. The number of carbonyl (C=O) groups is 1. The molecular weight excluding hydrogens is 341 g/mol. The van der Waals surface area contributed by atoms with Crippen LogP contribution in [0.1, 0.15) is 51.8 Å². The molecule has 1 N–H and O–H groups in total. The van der Waals surface area contributed by atoms with Crippen LogP contribution in [-0.2, 0) is 19.9 Å². The maximum absolute atomic E-state index is 14.5. The molecule has 4 nitrogen and oxygen atoms in total. The predicted molar refractivity (Wildman–Crippen MR) is 102 cm³/mol. The van der Waals surface area contributed by atoms with Crippen LogP contribution < -0.4 is 5.32 Å². The number of benzene rings is 2. The minimum absolute atomic E-state index is 0.223. The third-order valence-electron chi connectivity index (χ3n) is 5.22. The summed E-state index contributed by atoms with van der Waals surface area (Å²) in [6, 6.07) is 11.7. The van der Waals surface area contributed by atoms with E-state index in [0.717, 1.165) is 19.3 Å². The average Bonchev–Trinajstić information content (AvgIpc) is 3.12. The van der Waals surface area contributed by atoms with Crippen LogP contribution in [0, 0.1) is 5.82 Å². The Labute approximate surface area is 158 Å². The van der Waals surface area contributed by atoms with Crippen molar-refractivity contribution in [2.75, 3.05) is 0 Å². The van der Waals surface area contributed by atoms with Gasteiger partial charge in [0.15, 0.2) is 0 Å². The maximum atomic E-state index is 14.5. The number of carbonyl (C=O) groups excluding carboxylic acids is 1. The van der Waals surface area contributed by atoms with Crippen molar-refractivity contribution in [1.29, 1.82) is 0 Å². The zero-order valence-electron chi connectivity index (χ0n) is 15.3. The monoisotopic (exact) mass is 363 g/mol. The summed E-state index contributed by atoms with van der Waals surface area (Å²) < 4.78 is 16.2. The molecule has 5 heteroatoms. The minimum atomic E-state index is -0.658. The van der Waals surface area contributed by atoms with E-state index in [9.17, 15) is 9.18 Å². The molecule has 0 bridgehead atoms. The first-order chi connectivity index (χ1) is 13.1. The van der Waals surface area contributed by atoms with Crippen molar-refractivity contribution in [2.45, 2.75) is 31.7 Å². The number of hydrogen-bond donors (Lipinski definition) is 1. The molecule has 1 unspecified atom stereocenters. The molecule has 1 aliphatic rings. The summed E-state index contributed by atoms with van der Waals surface area (Å²) in [7, 11) is 1.83. The van der Waals surface area contributed by atoms with Gasteiger partial charge in [0, 0.05) is 30.6 Å². The Hall–Kier alpha value is -2.95. The highest BCUT2D eigenvalue weighted by molar-refractivity contribution is 5.95. The number of aromatic nitrogens is 2. The molecule has 1 aliphatic carbocycles. The third-order valence-corrected chi connectivity index (χ3v) is 5.22. The summed E-state index contributed by atoms with van der Waals surface area (Å²) in [6.07, 6.45) is 7.87. The Balaban J connectivity index is 1.67. The van der Waals surface area contributed by atoms with Gasteiger partial charge in [0.05, 0.1) is 0 Å². The molecule has 0 saturated carbocycles. The van der Waals surface area contributed by atoms with Gasteiger partial charge in [0.25, 0.3) is 5.91 Å². The maximum Gasteiger partial charge on any atom is 0.252 e. The van der Waals surface area contributed by atoms with Crippen LogP contribution in [0.2, 0.25) is 0 Å². The van der Waals surface area contributed by atoms with Crippen LogP contribution in [0.3, 0.4) is 0 Å². The number of nitrogens with zero attached hydrogens (tertiary/aromatic N) is 2. The van der Waals surface area contributed by atoms with E-state index < -0.39 is 6.04 Å². The van der Waals surface area contributed by atoms with Gasteiger partial charge < -0.3 is 9.88 Å². The van der Waals surface area contributed by atoms with Crippen molar-refractivity contribution in [2.24, 2.45) is 7.05 Å². The van der Waals surface area contributed by atoms with Crippen molar-refractivity contribution in [1.82, 2.24) is 14.9 Å². The summed E-state index contributed by atoms with van der Waals surface area (Å²) in [5, 5.41) is 2.98. The lowest BCUT2D eigenvalue weighted by molar-refractivity contribution is 0.0940. The lowest BCUT2D eigenvalue weighted by Gasteiger charge is -2.21. The molecule has 2 aromatic carbocycles. The van der Waals surface area contributed by atoms with E-state index in [2.05, 4.69) is 10.3 Å². The topological polar surface area (TPSA) is 46.9 Å². The van der Waals surface area contributed by atoms with E-state index in [4.69, 9.17) is 0 Å². The van der Waals surface area contributed by atoms with E-state index in [1.807, 2.05) is 25.2 Å². The number of fused-ring (bicyclic) bond motifs is 1. The van der Waals surface area contributed by atoms with E-state index in [1.54, 1.807) is 35.2 Å². The number of nitrogens with one attached hydrogen (secondary N) is 1. The standard InChI is InChI=1S/C22H22FN3O/c1-26-13-12-24-21(26)20(18-8-4-5-9-19(18)23)25-22(27)17-11-10-15-6-2-3-7-16(15)14-17/h4-5,8-14,20H,2-3,6-7H2,1H3,(H,25,27). The molecule has 27 heavy (non-hydrogen) atoms. The summed E-state index contributed by atoms with van der Waals surface area (Å²) in [6.45, 7) is 0. The van der Waals surface area contributed by atoms with Crippen LogP contribution in [0.5, 0.6) is 0 Å². The number of aryl methyl sites for hydroxylation is 3. The molecule has 0 fully saturated rings. The Morgan fingerprint density at radius 3 is 2.67 bits per heavy atom. The number of halogens is 1. The van der Waals surface area contributed by atoms with E-state index in [1.165, 1.54) is 23.6 Å². The van der Waals surface area contributed by atoms with Gasteiger partial charge in [-0.1, -0.05) is 24.3 Å². The van der Waals surface area contributed by atoms with Crippen molar-refractivity contribution >= 4 is 5.91 Å². The lowest BCUT2D eigenvalue weighted by atomic mass is 9.90. The smallest absolute Gasteiger partial charge is 0.252 e. The van der Waals surface area contributed by atoms with Gasteiger partial charge in [-0.05, 0) is 55.0 Å². The molecule has 0 saturated heterocycles. The summed E-state index contributed by atoms with van der Waals surface area (Å²) in [5.41, 5.74) is 3.57. The molecule has 3 aromatic rings. The second-order valence-corrected chi connectivity index (χ2v) is 7.01. The quantitative estimate of drug-likeness (QED) is 0.763. The Bertz CT molecular complexity index is 979. The van der Waals surface area contributed by atoms with Crippen LogP contribution in [0.15, 0.2) is 54.9 Å². The Morgan fingerprint density at radius 2 is 1.93 bits per heavy atom. The van der Waals surface area contributed by atoms with Crippen LogP contribution >= 0.6 is 0 Å². The predicted octanol–water partition coefficient (Wildman–Crippen LogP) is 3.96. The normalized spacial score (nSPS) is 14.4. The molecule has 138 valence electrons. The number of amides is 1. The molecule has 4 rings (SSSR count). The SMILES string of the molecule is Cn1ccnc1C(NC(=O)c1ccc2c(c1)CCCC2)c1ccccc1F. The van der Waals surface area contributed by atoms with E-state index in [0.29, 0.717) is 17.0 Å². The van der Waals surface area contributed by atoms with Crippen molar-refractivity contribution < 1.29 is 9.18 Å². The number of imidazole rings is 1. The second kappa shape index (κ2) is 7.35. The first-order valence-corrected chi connectivity index (χ1v) is 9.28. The average molecular weight is 363 g/mol. The van der Waals surface area contributed by atoms with Gasteiger partial charge in [-0.25, -0.2) is 9.37 Å². The highest BCUT2D eigenvalue weighted by atomic mass is 19.1. The number of hydrogen-bond acceptors (Lipinski definition) is 2. The Morgan fingerprint density at radius 1 is 1.15 bits per heavy atom. The molecule has 1 aromatic heterocycles. The minimum Gasteiger partial charge on any atom is -0.338 e.